The lowest BCUT2D eigenvalue weighted by Crippen LogP contribution is -2.44. The first-order valence-electron chi connectivity index (χ1n) is 5.48. The molecule has 0 aromatic heterocycles. The Morgan fingerprint density at radius 3 is 2.65 bits per heavy atom. The van der Waals surface area contributed by atoms with Gasteiger partial charge in [-0.1, -0.05) is 42.0 Å². The largest absolute Gasteiger partial charge is 0.392 e. The highest BCUT2D eigenvalue weighted by Crippen LogP contribution is 2.15. The molecule has 1 amide bonds. The van der Waals surface area contributed by atoms with Crippen LogP contribution in [0.2, 0.25) is 0 Å². The Bertz CT molecular complexity index is 441. The molecule has 0 spiro atoms. The molecular weight excluding hydrogens is 232 g/mol. The predicted octanol–water partition coefficient (Wildman–Crippen LogP) is 1.92. The van der Waals surface area contributed by atoms with Gasteiger partial charge in [-0.2, -0.15) is 0 Å². The highest BCUT2D eigenvalue weighted by atomic mass is 32.1. The summed E-state index contributed by atoms with van der Waals surface area (Å²) < 4.78 is 0. The number of carbonyl (C=O) groups excluding carboxylic acids is 1. The molecule has 3 nitrogen and oxygen atoms in total. The number of aryl methyl sites for hydroxylation is 1. The summed E-state index contributed by atoms with van der Waals surface area (Å²) in [5, 5.41) is 2.84. The minimum Gasteiger partial charge on any atom is -0.392 e. The topological polar surface area (TPSA) is 55.1 Å². The molecule has 0 aliphatic rings. The van der Waals surface area contributed by atoms with E-state index in [1.54, 1.807) is 13.8 Å². The van der Waals surface area contributed by atoms with Crippen LogP contribution in [0.4, 0.5) is 0 Å². The van der Waals surface area contributed by atoms with E-state index >= 15 is 0 Å². The lowest BCUT2D eigenvalue weighted by molar-refractivity contribution is -0.126. The third kappa shape index (κ3) is 3.53. The molecule has 0 unspecified atom stereocenters. The number of carbonyl (C=O) groups is 1. The Kier molecular flexibility index (Phi) is 4.23. The van der Waals surface area contributed by atoms with Crippen LogP contribution >= 0.6 is 12.2 Å². The Morgan fingerprint density at radius 1 is 1.47 bits per heavy atom. The predicted molar refractivity (Wildman–Crippen MR) is 73.6 cm³/mol. The second-order valence-electron chi connectivity index (χ2n) is 4.66. The number of amides is 1. The SMILES string of the molecule is Cc1cccc(CNC(=O)C(C)(C)C(N)=S)c1. The van der Waals surface area contributed by atoms with E-state index in [1.807, 2.05) is 31.2 Å². The van der Waals surface area contributed by atoms with Gasteiger partial charge in [-0.15, -0.1) is 0 Å². The molecule has 0 aliphatic heterocycles. The van der Waals surface area contributed by atoms with Gasteiger partial charge in [0.05, 0.1) is 10.4 Å². The molecule has 0 aliphatic carbocycles. The van der Waals surface area contributed by atoms with Crippen molar-refractivity contribution in [3.05, 3.63) is 35.4 Å². The Morgan fingerprint density at radius 2 is 2.12 bits per heavy atom. The number of hydrogen-bond donors (Lipinski definition) is 2. The Balaban J connectivity index is 2.63. The van der Waals surface area contributed by atoms with Crippen LogP contribution in [0, 0.1) is 12.3 Å². The molecule has 0 atom stereocenters. The average molecular weight is 250 g/mol. The van der Waals surface area contributed by atoms with Gasteiger partial charge in [-0.05, 0) is 26.3 Å². The molecule has 17 heavy (non-hydrogen) atoms. The summed E-state index contributed by atoms with van der Waals surface area (Å²) in [6.45, 7) is 5.96. The van der Waals surface area contributed by atoms with Gasteiger partial charge in [-0.25, -0.2) is 0 Å². The van der Waals surface area contributed by atoms with Crippen LogP contribution in [-0.2, 0) is 11.3 Å². The van der Waals surface area contributed by atoms with Crippen molar-refractivity contribution in [2.24, 2.45) is 11.1 Å². The lowest BCUT2D eigenvalue weighted by Gasteiger charge is -2.21. The summed E-state index contributed by atoms with van der Waals surface area (Å²) in [7, 11) is 0. The van der Waals surface area contributed by atoms with Gasteiger partial charge in [-0.3, -0.25) is 4.79 Å². The van der Waals surface area contributed by atoms with Crippen molar-refractivity contribution in [3.8, 4) is 0 Å². The van der Waals surface area contributed by atoms with Crippen LogP contribution in [0.15, 0.2) is 24.3 Å². The second kappa shape index (κ2) is 5.27. The summed E-state index contributed by atoms with van der Waals surface area (Å²) in [6, 6.07) is 7.99. The first-order valence-corrected chi connectivity index (χ1v) is 5.88. The van der Waals surface area contributed by atoms with Crippen molar-refractivity contribution in [3.63, 3.8) is 0 Å². The van der Waals surface area contributed by atoms with Gasteiger partial charge < -0.3 is 11.1 Å². The van der Waals surface area contributed by atoms with E-state index in [0.717, 1.165) is 5.56 Å². The summed E-state index contributed by atoms with van der Waals surface area (Å²) >= 11 is 4.88. The molecule has 0 bridgehead atoms. The van der Waals surface area contributed by atoms with Gasteiger partial charge in [0.25, 0.3) is 0 Å². The Labute approximate surface area is 107 Å². The van der Waals surface area contributed by atoms with E-state index in [0.29, 0.717) is 6.54 Å². The van der Waals surface area contributed by atoms with Crippen molar-refractivity contribution in [2.75, 3.05) is 0 Å². The third-order valence-corrected chi connectivity index (χ3v) is 3.23. The van der Waals surface area contributed by atoms with E-state index in [1.165, 1.54) is 5.56 Å². The van der Waals surface area contributed by atoms with Gasteiger partial charge in [0.2, 0.25) is 5.91 Å². The molecule has 92 valence electrons. The summed E-state index contributed by atoms with van der Waals surface area (Å²) in [5.41, 5.74) is 6.97. The molecular formula is C13H18N2OS. The molecule has 0 heterocycles. The van der Waals surface area contributed by atoms with Gasteiger partial charge >= 0.3 is 0 Å². The average Bonchev–Trinajstić information content (AvgIpc) is 2.25. The molecule has 0 saturated heterocycles. The van der Waals surface area contributed by atoms with Crippen LogP contribution < -0.4 is 11.1 Å². The van der Waals surface area contributed by atoms with Crippen molar-refractivity contribution in [1.82, 2.24) is 5.32 Å². The zero-order chi connectivity index (χ0) is 13.1. The molecule has 3 N–H and O–H groups in total. The zero-order valence-electron chi connectivity index (χ0n) is 10.4. The molecule has 0 saturated carbocycles. The number of rotatable bonds is 4. The standard InChI is InChI=1S/C13H18N2OS/c1-9-5-4-6-10(7-9)8-15-12(16)13(2,3)11(14)17/h4-7H,8H2,1-3H3,(H2,14,17)(H,15,16). The van der Waals surface area contributed by atoms with E-state index in [2.05, 4.69) is 5.32 Å². The van der Waals surface area contributed by atoms with Crippen LogP contribution in [-0.4, -0.2) is 10.9 Å². The van der Waals surface area contributed by atoms with E-state index in [9.17, 15) is 4.79 Å². The second-order valence-corrected chi connectivity index (χ2v) is 5.10. The maximum atomic E-state index is 11.9. The smallest absolute Gasteiger partial charge is 0.232 e. The third-order valence-electron chi connectivity index (χ3n) is 2.72. The fraction of sp³-hybridized carbons (Fsp3) is 0.385. The van der Waals surface area contributed by atoms with Crippen molar-refractivity contribution in [2.45, 2.75) is 27.3 Å². The number of thiocarbonyl (C=S) groups is 1. The maximum Gasteiger partial charge on any atom is 0.232 e. The van der Waals surface area contributed by atoms with E-state index < -0.39 is 5.41 Å². The van der Waals surface area contributed by atoms with Crippen molar-refractivity contribution >= 4 is 23.1 Å². The minimum absolute atomic E-state index is 0.147. The molecule has 0 fully saturated rings. The van der Waals surface area contributed by atoms with E-state index in [4.69, 9.17) is 18.0 Å². The van der Waals surface area contributed by atoms with Crippen LogP contribution in [0.5, 0.6) is 0 Å². The Hall–Kier alpha value is -1.42. The van der Waals surface area contributed by atoms with Crippen LogP contribution in [0.1, 0.15) is 25.0 Å². The molecule has 1 aromatic rings. The lowest BCUT2D eigenvalue weighted by atomic mass is 9.92. The number of nitrogens with one attached hydrogen (secondary N) is 1. The fourth-order valence-electron chi connectivity index (χ4n) is 1.34. The van der Waals surface area contributed by atoms with Gasteiger partial charge in [0.1, 0.15) is 0 Å². The summed E-state index contributed by atoms with van der Waals surface area (Å²) in [4.78, 5) is 12.1. The van der Waals surface area contributed by atoms with Crippen molar-refractivity contribution in [1.29, 1.82) is 0 Å². The summed E-state index contributed by atoms with van der Waals surface area (Å²) in [5.74, 6) is -0.147. The van der Waals surface area contributed by atoms with Crippen LogP contribution in [0.25, 0.3) is 0 Å². The first-order chi connectivity index (χ1) is 7.84. The highest BCUT2D eigenvalue weighted by molar-refractivity contribution is 7.80. The molecule has 0 radical (unpaired) electrons. The van der Waals surface area contributed by atoms with E-state index in [-0.39, 0.29) is 10.9 Å². The molecule has 4 heteroatoms. The highest BCUT2D eigenvalue weighted by Gasteiger charge is 2.30. The minimum atomic E-state index is -0.806. The van der Waals surface area contributed by atoms with Gasteiger partial charge in [0.15, 0.2) is 0 Å². The number of nitrogens with two attached hydrogens (primary N) is 1. The van der Waals surface area contributed by atoms with Crippen LogP contribution in [0.3, 0.4) is 0 Å². The first kappa shape index (κ1) is 13.6. The quantitative estimate of drug-likeness (QED) is 0.803. The number of benzene rings is 1. The monoisotopic (exact) mass is 250 g/mol. The molecule has 1 aromatic carbocycles. The maximum absolute atomic E-state index is 11.9. The normalized spacial score (nSPS) is 11.0. The van der Waals surface area contributed by atoms with Crippen molar-refractivity contribution < 1.29 is 4.79 Å². The molecule has 1 rings (SSSR count). The number of hydrogen-bond acceptors (Lipinski definition) is 2. The fourth-order valence-corrected chi connectivity index (χ4v) is 1.43. The zero-order valence-corrected chi connectivity index (χ0v) is 11.2. The summed E-state index contributed by atoms with van der Waals surface area (Å²) in [6.07, 6.45) is 0. The van der Waals surface area contributed by atoms with Gasteiger partial charge in [0, 0.05) is 6.54 Å².